The molecule has 1 fully saturated rings. The second kappa shape index (κ2) is 12.0. The average molecular weight is 534 g/mol. The summed E-state index contributed by atoms with van der Waals surface area (Å²) in [6, 6.07) is 9.48. The molecule has 0 bridgehead atoms. The molecule has 0 atom stereocenters. The number of ether oxygens (including phenoxy) is 3. The second-order valence-electron chi connectivity index (χ2n) is 7.86. The fraction of sp³-hybridized carbons (Fsp3) is 0.280. The third kappa shape index (κ3) is 6.79. The Kier molecular flexibility index (Phi) is 9.00. The molecule has 0 aliphatic carbocycles. The molecule has 1 heterocycles. The Labute approximate surface area is 217 Å². The first-order valence-corrected chi connectivity index (χ1v) is 12.1. The number of amides is 2. The van der Waals surface area contributed by atoms with Gasteiger partial charge in [0.15, 0.2) is 11.5 Å². The van der Waals surface area contributed by atoms with Crippen LogP contribution >= 0.6 is 23.4 Å². The number of carboxylic acids is 1. The first-order chi connectivity index (χ1) is 17.1. The van der Waals surface area contributed by atoms with Crippen LogP contribution in [0.4, 0.5) is 4.79 Å². The molecule has 0 radical (unpaired) electrons. The zero-order valence-corrected chi connectivity index (χ0v) is 21.4. The van der Waals surface area contributed by atoms with Crippen LogP contribution in [-0.4, -0.2) is 52.3 Å². The van der Waals surface area contributed by atoms with Crippen LogP contribution in [0.25, 0.3) is 6.08 Å². The summed E-state index contributed by atoms with van der Waals surface area (Å²) < 4.78 is 16.5. The number of hydrogen-bond acceptors (Lipinski definition) is 8. The number of carbonyl (C=O) groups is 4. The third-order valence-corrected chi connectivity index (χ3v) is 5.90. The van der Waals surface area contributed by atoms with Crippen molar-refractivity contribution in [3.8, 4) is 11.5 Å². The summed E-state index contributed by atoms with van der Waals surface area (Å²) in [7, 11) is 0. The van der Waals surface area contributed by atoms with Crippen LogP contribution < -0.4 is 9.47 Å². The molecule has 190 valence electrons. The lowest BCUT2D eigenvalue weighted by atomic mass is 10.1. The number of aromatic carboxylic acids is 1. The quantitative estimate of drug-likeness (QED) is 0.332. The summed E-state index contributed by atoms with van der Waals surface area (Å²) in [5.74, 6) is -1.77. The lowest BCUT2D eigenvalue weighted by molar-refractivity contribution is -0.149. The van der Waals surface area contributed by atoms with E-state index in [4.69, 9.17) is 30.9 Å². The molecular weight excluding hydrogens is 510 g/mol. The SMILES string of the molecule is CCOc1cc(/C=C2/SC(=O)N(CC(=O)OC(C)C)C2=O)cc(Cl)c1OCc1cccc(C(=O)O)c1. The predicted octanol–water partition coefficient (Wildman–Crippen LogP) is 5.00. The molecule has 1 aliphatic rings. The highest BCUT2D eigenvalue weighted by atomic mass is 35.5. The van der Waals surface area contributed by atoms with Crippen molar-refractivity contribution in [3.05, 3.63) is 63.0 Å². The van der Waals surface area contributed by atoms with Crippen LogP contribution in [0.15, 0.2) is 41.3 Å². The number of nitrogens with zero attached hydrogens (tertiary/aromatic N) is 1. The van der Waals surface area contributed by atoms with Crippen LogP contribution in [-0.2, 0) is 20.9 Å². The topological polar surface area (TPSA) is 119 Å². The minimum absolute atomic E-state index is 0.0472. The van der Waals surface area contributed by atoms with E-state index < -0.39 is 29.6 Å². The maximum Gasteiger partial charge on any atom is 0.335 e. The van der Waals surface area contributed by atoms with Crippen molar-refractivity contribution in [1.29, 1.82) is 0 Å². The summed E-state index contributed by atoms with van der Waals surface area (Å²) in [4.78, 5) is 49.1. The average Bonchev–Trinajstić information content (AvgIpc) is 3.05. The van der Waals surface area contributed by atoms with E-state index in [9.17, 15) is 19.2 Å². The van der Waals surface area contributed by atoms with E-state index in [1.165, 1.54) is 18.2 Å². The largest absolute Gasteiger partial charge is 0.490 e. The van der Waals surface area contributed by atoms with E-state index in [-0.39, 0.29) is 34.0 Å². The molecule has 9 nitrogen and oxygen atoms in total. The molecule has 11 heteroatoms. The Balaban J connectivity index is 1.81. The van der Waals surface area contributed by atoms with E-state index in [1.807, 2.05) is 0 Å². The molecule has 0 saturated carbocycles. The number of benzene rings is 2. The first-order valence-electron chi connectivity index (χ1n) is 10.9. The van der Waals surface area contributed by atoms with Crippen LogP contribution in [0.3, 0.4) is 0 Å². The normalized spacial score (nSPS) is 14.5. The Bertz CT molecular complexity index is 1230. The van der Waals surface area contributed by atoms with Crippen molar-refractivity contribution in [1.82, 2.24) is 4.90 Å². The third-order valence-electron chi connectivity index (χ3n) is 4.71. The van der Waals surface area contributed by atoms with Gasteiger partial charge in [0.2, 0.25) is 0 Å². The number of carbonyl (C=O) groups excluding carboxylic acids is 3. The number of halogens is 1. The standard InChI is InChI=1S/C25H24ClNO8S/c1-4-33-19-10-16(11-20-23(29)27(25(32)36-20)12-21(28)35-14(2)3)9-18(26)22(19)34-13-15-6-5-7-17(8-15)24(30)31/h5-11,14H,4,12-13H2,1-3H3,(H,30,31)/b20-11+. The Morgan fingerprint density at radius 1 is 1.17 bits per heavy atom. The first kappa shape index (κ1) is 27.1. The molecule has 0 unspecified atom stereocenters. The predicted molar refractivity (Wildman–Crippen MR) is 134 cm³/mol. The van der Waals surface area contributed by atoms with Crippen molar-refractivity contribution in [2.75, 3.05) is 13.2 Å². The maximum atomic E-state index is 12.7. The lowest BCUT2D eigenvalue weighted by Crippen LogP contribution is -2.35. The molecule has 2 amide bonds. The van der Waals surface area contributed by atoms with Gasteiger partial charge in [-0.1, -0.05) is 23.7 Å². The minimum Gasteiger partial charge on any atom is -0.490 e. The van der Waals surface area contributed by atoms with E-state index in [2.05, 4.69) is 0 Å². The Hall–Kier alpha value is -3.50. The molecule has 2 aromatic rings. The smallest absolute Gasteiger partial charge is 0.335 e. The molecule has 2 aromatic carbocycles. The summed E-state index contributed by atoms with van der Waals surface area (Å²) in [6.07, 6.45) is 1.11. The van der Waals surface area contributed by atoms with Crippen molar-refractivity contribution in [2.24, 2.45) is 0 Å². The summed E-state index contributed by atoms with van der Waals surface area (Å²) >= 11 is 7.16. The van der Waals surface area contributed by atoms with Crippen molar-refractivity contribution < 1.29 is 38.5 Å². The van der Waals surface area contributed by atoms with Gasteiger partial charge in [0.05, 0.1) is 28.2 Å². The Morgan fingerprint density at radius 2 is 1.92 bits per heavy atom. The van der Waals surface area contributed by atoms with Crippen molar-refractivity contribution >= 4 is 52.5 Å². The zero-order chi connectivity index (χ0) is 26.4. The van der Waals surface area contributed by atoms with Gasteiger partial charge in [-0.05, 0) is 74.0 Å². The highest BCUT2D eigenvalue weighted by Crippen LogP contribution is 2.39. The molecule has 1 aliphatic heterocycles. The molecule has 0 aromatic heterocycles. The number of esters is 1. The van der Waals surface area contributed by atoms with Gasteiger partial charge in [-0.3, -0.25) is 19.3 Å². The van der Waals surface area contributed by atoms with Crippen molar-refractivity contribution in [3.63, 3.8) is 0 Å². The fourth-order valence-corrected chi connectivity index (χ4v) is 4.35. The second-order valence-corrected chi connectivity index (χ2v) is 9.26. The van der Waals surface area contributed by atoms with E-state index >= 15 is 0 Å². The molecule has 1 N–H and O–H groups in total. The van der Waals surface area contributed by atoms with Gasteiger partial charge >= 0.3 is 11.9 Å². The van der Waals surface area contributed by atoms with Gasteiger partial charge in [-0.2, -0.15) is 0 Å². The number of carboxylic acid groups (broad SMARTS) is 1. The van der Waals surface area contributed by atoms with Crippen molar-refractivity contribution in [2.45, 2.75) is 33.5 Å². The molecule has 3 rings (SSSR count). The zero-order valence-electron chi connectivity index (χ0n) is 19.8. The number of thioether (sulfide) groups is 1. The fourth-order valence-electron chi connectivity index (χ4n) is 3.24. The van der Waals surface area contributed by atoms with Gasteiger partial charge in [-0.15, -0.1) is 0 Å². The lowest BCUT2D eigenvalue weighted by Gasteiger charge is -2.15. The highest BCUT2D eigenvalue weighted by molar-refractivity contribution is 8.18. The monoisotopic (exact) mass is 533 g/mol. The van der Waals surface area contributed by atoms with Gasteiger partial charge in [-0.25, -0.2) is 4.79 Å². The molecular formula is C25H24ClNO8S. The highest BCUT2D eigenvalue weighted by Gasteiger charge is 2.37. The van der Waals surface area contributed by atoms with Gasteiger partial charge in [0, 0.05) is 0 Å². The van der Waals surface area contributed by atoms with E-state index in [0.717, 1.165) is 4.90 Å². The number of rotatable bonds is 10. The van der Waals surface area contributed by atoms with Gasteiger partial charge in [0.1, 0.15) is 13.2 Å². The van der Waals surface area contributed by atoms with Crippen LogP contribution in [0.5, 0.6) is 11.5 Å². The van der Waals surface area contributed by atoms with E-state index in [0.29, 0.717) is 35.2 Å². The Morgan fingerprint density at radius 3 is 2.58 bits per heavy atom. The number of hydrogen-bond donors (Lipinski definition) is 1. The van der Waals surface area contributed by atoms with Crippen LogP contribution in [0.1, 0.15) is 42.3 Å². The number of imide groups is 1. The molecule has 1 saturated heterocycles. The van der Waals surface area contributed by atoms with Crippen LogP contribution in [0, 0.1) is 0 Å². The molecule has 0 spiro atoms. The van der Waals surface area contributed by atoms with Crippen LogP contribution in [0.2, 0.25) is 5.02 Å². The van der Waals surface area contributed by atoms with Gasteiger partial charge in [0.25, 0.3) is 11.1 Å². The van der Waals surface area contributed by atoms with E-state index in [1.54, 1.807) is 45.0 Å². The molecule has 36 heavy (non-hydrogen) atoms. The van der Waals surface area contributed by atoms with Gasteiger partial charge < -0.3 is 19.3 Å². The summed E-state index contributed by atoms with van der Waals surface area (Å²) in [6.45, 7) is 5.01. The minimum atomic E-state index is -1.05. The maximum absolute atomic E-state index is 12.7. The summed E-state index contributed by atoms with van der Waals surface area (Å²) in [5, 5.41) is 8.79. The summed E-state index contributed by atoms with van der Waals surface area (Å²) in [5.41, 5.74) is 1.25.